The molecule has 0 bridgehead atoms. The lowest BCUT2D eigenvalue weighted by Crippen LogP contribution is -2.48. The number of rotatable bonds is 4. The molecule has 1 unspecified atom stereocenters. The van der Waals surface area contributed by atoms with Crippen LogP contribution in [0.2, 0.25) is 0 Å². The van der Waals surface area contributed by atoms with Crippen LogP contribution in [0.5, 0.6) is 0 Å². The molecule has 0 saturated carbocycles. The smallest absolute Gasteiger partial charge is 0.193 e. The predicted molar refractivity (Wildman–Crippen MR) is 137 cm³/mol. The van der Waals surface area contributed by atoms with E-state index in [1.807, 2.05) is 13.2 Å². The number of aliphatic imine (C=N–C) groups is 1. The number of pyridine rings is 1. The van der Waals surface area contributed by atoms with Crippen molar-refractivity contribution in [3.63, 3.8) is 0 Å². The van der Waals surface area contributed by atoms with E-state index >= 15 is 0 Å². The molecular formula is C24H32IN5O. The van der Waals surface area contributed by atoms with Gasteiger partial charge in [-0.05, 0) is 43.5 Å². The molecule has 166 valence electrons. The Kier molecular flexibility index (Phi) is 7.94. The maximum Gasteiger partial charge on any atom is 0.193 e. The average Bonchev–Trinajstić information content (AvgIpc) is 3.16. The molecule has 3 aromatic rings. The molecule has 1 aromatic carbocycles. The van der Waals surface area contributed by atoms with Crippen molar-refractivity contribution in [2.45, 2.75) is 33.3 Å². The van der Waals surface area contributed by atoms with Crippen LogP contribution in [0.25, 0.3) is 5.65 Å². The molecule has 1 saturated heterocycles. The lowest BCUT2D eigenvalue weighted by Gasteiger charge is -2.35. The highest BCUT2D eigenvalue weighted by atomic mass is 127. The molecule has 6 nitrogen and oxygen atoms in total. The third-order valence-corrected chi connectivity index (χ3v) is 5.74. The van der Waals surface area contributed by atoms with Crippen molar-refractivity contribution in [2.75, 3.05) is 33.3 Å². The summed E-state index contributed by atoms with van der Waals surface area (Å²) in [5.74, 6) is 0.924. The fourth-order valence-electron chi connectivity index (χ4n) is 4.18. The first-order chi connectivity index (χ1) is 14.5. The van der Waals surface area contributed by atoms with Crippen LogP contribution in [0.15, 0.2) is 47.7 Å². The van der Waals surface area contributed by atoms with Gasteiger partial charge in [-0.25, -0.2) is 4.98 Å². The van der Waals surface area contributed by atoms with Crippen LogP contribution in [0.3, 0.4) is 0 Å². The fraction of sp³-hybridized carbons (Fsp3) is 0.417. The first kappa shape index (κ1) is 23.5. The van der Waals surface area contributed by atoms with Crippen molar-refractivity contribution >= 4 is 35.6 Å². The van der Waals surface area contributed by atoms with Gasteiger partial charge in [-0.1, -0.05) is 29.8 Å². The van der Waals surface area contributed by atoms with Crippen LogP contribution in [0, 0.1) is 20.8 Å². The number of guanidine groups is 1. The Balaban J connectivity index is 0.00000272. The first-order valence-electron chi connectivity index (χ1n) is 10.6. The lowest BCUT2D eigenvalue weighted by atomic mass is 10.00. The number of hydrogen-bond acceptors (Lipinski definition) is 3. The number of morpholine rings is 1. The Morgan fingerprint density at radius 2 is 2.06 bits per heavy atom. The third-order valence-electron chi connectivity index (χ3n) is 5.74. The van der Waals surface area contributed by atoms with E-state index < -0.39 is 0 Å². The Morgan fingerprint density at radius 1 is 1.23 bits per heavy atom. The number of hydrogen-bond donors (Lipinski definition) is 1. The minimum Gasteiger partial charge on any atom is -0.370 e. The molecule has 1 N–H and O–H groups in total. The Morgan fingerprint density at radius 3 is 2.81 bits per heavy atom. The minimum absolute atomic E-state index is 0. The maximum absolute atomic E-state index is 6.09. The van der Waals surface area contributed by atoms with E-state index in [1.54, 1.807) is 0 Å². The van der Waals surface area contributed by atoms with Gasteiger partial charge in [0, 0.05) is 39.0 Å². The second-order valence-corrected chi connectivity index (χ2v) is 8.04. The quantitative estimate of drug-likeness (QED) is 0.312. The van der Waals surface area contributed by atoms with Gasteiger partial charge in [-0.2, -0.15) is 0 Å². The fourth-order valence-corrected chi connectivity index (χ4v) is 4.18. The zero-order valence-electron chi connectivity index (χ0n) is 18.8. The molecule has 7 heteroatoms. The maximum atomic E-state index is 6.09. The van der Waals surface area contributed by atoms with Gasteiger partial charge in [0.25, 0.3) is 0 Å². The number of aromatic nitrogens is 2. The minimum atomic E-state index is 0. The summed E-state index contributed by atoms with van der Waals surface area (Å²) < 4.78 is 8.18. The summed E-state index contributed by atoms with van der Waals surface area (Å²) in [7, 11) is 1.85. The highest BCUT2D eigenvalue weighted by molar-refractivity contribution is 14.0. The molecule has 0 spiro atoms. The summed E-state index contributed by atoms with van der Waals surface area (Å²) in [6.07, 6.45) is 5.08. The Bertz CT molecular complexity index is 1060. The van der Waals surface area contributed by atoms with E-state index in [0.29, 0.717) is 6.61 Å². The zero-order valence-corrected chi connectivity index (χ0v) is 21.1. The predicted octanol–water partition coefficient (Wildman–Crippen LogP) is 4.07. The van der Waals surface area contributed by atoms with Gasteiger partial charge < -0.3 is 19.4 Å². The van der Waals surface area contributed by atoms with Crippen molar-refractivity contribution in [1.29, 1.82) is 0 Å². The van der Waals surface area contributed by atoms with Crippen molar-refractivity contribution in [2.24, 2.45) is 4.99 Å². The molecule has 1 atom stereocenters. The van der Waals surface area contributed by atoms with E-state index in [4.69, 9.17) is 9.72 Å². The summed E-state index contributed by atoms with van der Waals surface area (Å²) in [4.78, 5) is 11.6. The number of imidazole rings is 1. The molecule has 0 amide bonds. The summed E-state index contributed by atoms with van der Waals surface area (Å²) in [5.41, 5.74) is 7.14. The van der Waals surface area contributed by atoms with Crippen LogP contribution >= 0.6 is 24.0 Å². The van der Waals surface area contributed by atoms with Crippen LogP contribution in [0.4, 0.5) is 0 Å². The molecular weight excluding hydrogens is 501 g/mol. The van der Waals surface area contributed by atoms with Crippen molar-refractivity contribution in [3.8, 4) is 0 Å². The van der Waals surface area contributed by atoms with Gasteiger partial charge in [-0.15, -0.1) is 24.0 Å². The van der Waals surface area contributed by atoms with Crippen LogP contribution in [-0.4, -0.2) is 53.5 Å². The normalized spacial score (nSPS) is 17.0. The second-order valence-electron chi connectivity index (χ2n) is 8.04. The van der Waals surface area contributed by atoms with Gasteiger partial charge >= 0.3 is 0 Å². The molecule has 4 rings (SSSR count). The monoisotopic (exact) mass is 533 g/mol. The summed E-state index contributed by atoms with van der Waals surface area (Å²) in [5, 5.41) is 3.51. The van der Waals surface area contributed by atoms with Crippen LogP contribution in [-0.2, 0) is 11.2 Å². The van der Waals surface area contributed by atoms with E-state index in [0.717, 1.165) is 43.4 Å². The molecule has 0 radical (unpaired) electrons. The number of halogens is 1. The lowest BCUT2D eigenvalue weighted by molar-refractivity contribution is -0.00830. The first-order valence-corrected chi connectivity index (χ1v) is 10.6. The number of aryl methyl sites for hydroxylation is 3. The van der Waals surface area contributed by atoms with Gasteiger partial charge in [0.1, 0.15) is 11.8 Å². The molecule has 1 aliphatic heterocycles. The van der Waals surface area contributed by atoms with Gasteiger partial charge in [0.15, 0.2) is 5.96 Å². The van der Waals surface area contributed by atoms with E-state index in [1.165, 1.54) is 22.3 Å². The van der Waals surface area contributed by atoms with Gasteiger partial charge in [0.05, 0.1) is 18.8 Å². The average molecular weight is 533 g/mol. The molecule has 1 aliphatic rings. The number of nitrogens with zero attached hydrogens (tertiary/aromatic N) is 4. The van der Waals surface area contributed by atoms with Crippen LogP contribution in [0.1, 0.15) is 34.1 Å². The van der Waals surface area contributed by atoms with E-state index in [-0.39, 0.29) is 30.1 Å². The van der Waals surface area contributed by atoms with E-state index in [9.17, 15) is 0 Å². The van der Waals surface area contributed by atoms with Crippen molar-refractivity contribution in [1.82, 2.24) is 19.6 Å². The number of benzene rings is 1. The summed E-state index contributed by atoms with van der Waals surface area (Å²) in [6, 6.07) is 10.7. The van der Waals surface area contributed by atoms with Crippen molar-refractivity contribution in [3.05, 3.63) is 70.7 Å². The Labute approximate surface area is 201 Å². The topological polar surface area (TPSA) is 54.2 Å². The highest BCUT2D eigenvalue weighted by Gasteiger charge is 2.25. The van der Waals surface area contributed by atoms with Crippen LogP contribution < -0.4 is 5.32 Å². The highest BCUT2D eigenvalue weighted by Crippen LogP contribution is 2.25. The molecule has 3 heterocycles. The summed E-state index contributed by atoms with van der Waals surface area (Å²) in [6.45, 7) is 9.52. The number of ether oxygens (including phenoxy) is 1. The molecule has 1 fully saturated rings. The summed E-state index contributed by atoms with van der Waals surface area (Å²) >= 11 is 0. The van der Waals surface area contributed by atoms with E-state index in [2.05, 4.69) is 76.9 Å². The zero-order chi connectivity index (χ0) is 21.1. The van der Waals surface area contributed by atoms with Crippen molar-refractivity contribution < 1.29 is 4.74 Å². The second kappa shape index (κ2) is 10.5. The molecule has 31 heavy (non-hydrogen) atoms. The third kappa shape index (κ3) is 5.38. The standard InChI is InChI=1S/C24H31N5O.HI/c1-17-7-8-21(19(3)14-17)22-16-29(12-13-30-22)24(25-4)26-10-9-20-15-28-11-5-6-18(2)23(28)27-20;/h5-8,11,14-15,22H,9-10,12-13,16H2,1-4H3,(H,25,26);1H. The van der Waals surface area contributed by atoms with Gasteiger partial charge in [0.2, 0.25) is 0 Å². The largest absolute Gasteiger partial charge is 0.370 e. The molecule has 2 aromatic heterocycles. The number of fused-ring (bicyclic) bond motifs is 1. The number of nitrogens with one attached hydrogen (secondary N) is 1. The van der Waals surface area contributed by atoms with Gasteiger partial charge in [-0.3, -0.25) is 4.99 Å². The molecule has 0 aliphatic carbocycles. The SMILES string of the molecule is CN=C(NCCc1cn2cccc(C)c2n1)N1CCOC(c2ccc(C)cc2C)C1.I. The Hall–Kier alpha value is -2.13.